The van der Waals surface area contributed by atoms with Crippen LogP contribution in [0.5, 0.6) is 0 Å². The number of hydrogen-bond acceptors (Lipinski definition) is 3. The predicted molar refractivity (Wildman–Crippen MR) is 69.4 cm³/mol. The molecule has 0 fully saturated rings. The zero-order valence-corrected chi connectivity index (χ0v) is 10.7. The van der Waals surface area contributed by atoms with Gasteiger partial charge in [0.15, 0.2) is 0 Å². The van der Waals surface area contributed by atoms with E-state index in [0.717, 1.165) is 12.2 Å². The third-order valence-corrected chi connectivity index (χ3v) is 3.03. The average Bonchev–Trinajstić information content (AvgIpc) is 2.28. The Balaban J connectivity index is 2.85. The van der Waals surface area contributed by atoms with Crippen molar-refractivity contribution in [2.45, 2.75) is 19.4 Å². The SMILES string of the molecule is CSCCC(C)Nc1c(F)cccc1C(=O)O. The first-order valence-corrected chi connectivity index (χ1v) is 6.73. The number of rotatable bonds is 6. The van der Waals surface area contributed by atoms with Gasteiger partial charge in [-0.2, -0.15) is 11.8 Å². The van der Waals surface area contributed by atoms with Gasteiger partial charge in [-0.25, -0.2) is 9.18 Å². The van der Waals surface area contributed by atoms with Crippen LogP contribution in [-0.2, 0) is 0 Å². The molecular formula is C12H16FNO2S. The number of thioether (sulfide) groups is 1. The van der Waals surface area contributed by atoms with Gasteiger partial charge < -0.3 is 10.4 Å². The molecule has 5 heteroatoms. The van der Waals surface area contributed by atoms with Crippen molar-refractivity contribution in [1.82, 2.24) is 0 Å². The van der Waals surface area contributed by atoms with E-state index in [1.807, 2.05) is 13.2 Å². The molecule has 0 heterocycles. The molecule has 0 spiro atoms. The van der Waals surface area contributed by atoms with Gasteiger partial charge in [-0.05, 0) is 37.5 Å². The molecule has 17 heavy (non-hydrogen) atoms. The second-order valence-electron chi connectivity index (χ2n) is 3.79. The molecule has 1 atom stereocenters. The number of carboxylic acid groups (broad SMARTS) is 1. The summed E-state index contributed by atoms with van der Waals surface area (Å²) in [5, 5.41) is 11.9. The van der Waals surface area contributed by atoms with E-state index in [-0.39, 0.29) is 17.3 Å². The Morgan fingerprint density at radius 1 is 1.59 bits per heavy atom. The summed E-state index contributed by atoms with van der Waals surface area (Å²) in [7, 11) is 0. The van der Waals surface area contributed by atoms with Gasteiger partial charge in [-0.15, -0.1) is 0 Å². The summed E-state index contributed by atoms with van der Waals surface area (Å²) in [6.07, 6.45) is 2.85. The van der Waals surface area contributed by atoms with Crippen LogP contribution in [0.15, 0.2) is 18.2 Å². The fraction of sp³-hybridized carbons (Fsp3) is 0.417. The molecule has 1 aromatic rings. The molecule has 2 N–H and O–H groups in total. The molecule has 3 nitrogen and oxygen atoms in total. The zero-order valence-electron chi connectivity index (χ0n) is 9.87. The quantitative estimate of drug-likeness (QED) is 0.822. The number of benzene rings is 1. The van der Waals surface area contributed by atoms with Crippen LogP contribution in [0.1, 0.15) is 23.7 Å². The summed E-state index contributed by atoms with van der Waals surface area (Å²) in [5.41, 5.74) is 0.0506. The van der Waals surface area contributed by atoms with Crippen molar-refractivity contribution in [2.75, 3.05) is 17.3 Å². The Kier molecular flexibility index (Phi) is 5.28. The molecule has 1 rings (SSSR count). The first-order chi connectivity index (χ1) is 8.06. The predicted octanol–water partition coefficient (Wildman–Crippen LogP) is 3.08. The fourth-order valence-corrected chi connectivity index (χ4v) is 2.05. The van der Waals surface area contributed by atoms with Gasteiger partial charge >= 0.3 is 5.97 Å². The summed E-state index contributed by atoms with van der Waals surface area (Å²) in [4.78, 5) is 11.0. The molecular weight excluding hydrogens is 241 g/mol. The average molecular weight is 257 g/mol. The van der Waals surface area contributed by atoms with Crippen LogP contribution in [0.3, 0.4) is 0 Å². The highest BCUT2D eigenvalue weighted by molar-refractivity contribution is 7.98. The minimum Gasteiger partial charge on any atom is -0.478 e. The normalized spacial score (nSPS) is 12.2. The van der Waals surface area contributed by atoms with E-state index in [9.17, 15) is 9.18 Å². The summed E-state index contributed by atoms with van der Waals surface area (Å²) in [5.74, 6) is -0.699. The summed E-state index contributed by atoms with van der Waals surface area (Å²) >= 11 is 1.71. The molecule has 1 unspecified atom stereocenters. The van der Waals surface area contributed by atoms with Crippen molar-refractivity contribution in [3.8, 4) is 0 Å². The third-order valence-electron chi connectivity index (χ3n) is 2.39. The van der Waals surface area contributed by atoms with Crippen LogP contribution in [-0.4, -0.2) is 29.1 Å². The maximum Gasteiger partial charge on any atom is 0.337 e. The first-order valence-electron chi connectivity index (χ1n) is 5.33. The summed E-state index contributed by atoms with van der Waals surface area (Å²) in [6, 6.07) is 4.10. The minimum atomic E-state index is -1.12. The molecule has 0 saturated heterocycles. The van der Waals surface area contributed by atoms with Crippen molar-refractivity contribution >= 4 is 23.4 Å². The third kappa shape index (κ3) is 3.93. The van der Waals surface area contributed by atoms with Crippen LogP contribution in [0.4, 0.5) is 10.1 Å². The van der Waals surface area contributed by atoms with E-state index in [0.29, 0.717) is 0 Å². The molecule has 0 aliphatic rings. The Hall–Kier alpha value is -1.23. The fourth-order valence-electron chi connectivity index (χ4n) is 1.46. The lowest BCUT2D eigenvalue weighted by molar-refractivity contribution is 0.0697. The van der Waals surface area contributed by atoms with Gasteiger partial charge in [0.05, 0.1) is 11.3 Å². The van der Waals surface area contributed by atoms with E-state index in [1.165, 1.54) is 18.2 Å². The number of anilines is 1. The Morgan fingerprint density at radius 3 is 2.88 bits per heavy atom. The highest BCUT2D eigenvalue weighted by atomic mass is 32.2. The van der Waals surface area contributed by atoms with Crippen LogP contribution in [0.2, 0.25) is 0 Å². The lowest BCUT2D eigenvalue weighted by Crippen LogP contribution is -2.19. The van der Waals surface area contributed by atoms with Crippen molar-refractivity contribution in [2.24, 2.45) is 0 Å². The largest absolute Gasteiger partial charge is 0.478 e. The maximum atomic E-state index is 13.6. The number of carbonyl (C=O) groups is 1. The van der Waals surface area contributed by atoms with Gasteiger partial charge in [0, 0.05) is 6.04 Å². The minimum absolute atomic E-state index is 0.0269. The van der Waals surface area contributed by atoms with Crippen LogP contribution < -0.4 is 5.32 Å². The van der Waals surface area contributed by atoms with E-state index in [2.05, 4.69) is 5.32 Å². The highest BCUT2D eigenvalue weighted by Gasteiger charge is 2.15. The van der Waals surface area contributed by atoms with Crippen LogP contribution in [0.25, 0.3) is 0 Å². The van der Waals surface area contributed by atoms with Crippen molar-refractivity contribution in [1.29, 1.82) is 0 Å². The van der Waals surface area contributed by atoms with E-state index in [1.54, 1.807) is 11.8 Å². The van der Waals surface area contributed by atoms with E-state index < -0.39 is 11.8 Å². The number of hydrogen-bond donors (Lipinski definition) is 2. The van der Waals surface area contributed by atoms with Gasteiger partial charge in [-0.1, -0.05) is 6.07 Å². The van der Waals surface area contributed by atoms with Crippen molar-refractivity contribution < 1.29 is 14.3 Å². The lowest BCUT2D eigenvalue weighted by atomic mass is 10.1. The number of halogens is 1. The Morgan fingerprint density at radius 2 is 2.29 bits per heavy atom. The lowest BCUT2D eigenvalue weighted by Gasteiger charge is -2.17. The van der Waals surface area contributed by atoms with E-state index in [4.69, 9.17) is 5.11 Å². The topological polar surface area (TPSA) is 49.3 Å². The van der Waals surface area contributed by atoms with Crippen molar-refractivity contribution in [3.63, 3.8) is 0 Å². The second kappa shape index (κ2) is 6.49. The summed E-state index contributed by atoms with van der Waals surface area (Å²) in [6.45, 7) is 1.91. The molecule has 0 saturated carbocycles. The Bertz CT molecular complexity index is 398. The second-order valence-corrected chi connectivity index (χ2v) is 4.78. The number of nitrogens with one attached hydrogen (secondary N) is 1. The van der Waals surface area contributed by atoms with E-state index >= 15 is 0 Å². The zero-order chi connectivity index (χ0) is 12.8. The standard InChI is InChI=1S/C12H16FNO2S/c1-8(6-7-17-2)14-11-9(12(15)16)4-3-5-10(11)13/h3-5,8,14H,6-7H2,1-2H3,(H,15,16). The molecule has 94 valence electrons. The first kappa shape index (κ1) is 13.8. The maximum absolute atomic E-state index is 13.6. The number of carboxylic acids is 1. The molecule has 1 aromatic carbocycles. The monoisotopic (exact) mass is 257 g/mol. The van der Waals surface area contributed by atoms with Gasteiger partial charge in [0.1, 0.15) is 5.82 Å². The van der Waals surface area contributed by atoms with Gasteiger partial charge in [0.2, 0.25) is 0 Å². The smallest absolute Gasteiger partial charge is 0.337 e. The Labute approximate surface area is 104 Å². The number of para-hydroxylation sites is 1. The van der Waals surface area contributed by atoms with Crippen LogP contribution in [0, 0.1) is 5.82 Å². The number of aromatic carboxylic acids is 1. The molecule has 0 aliphatic heterocycles. The van der Waals surface area contributed by atoms with Crippen molar-refractivity contribution in [3.05, 3.63) is 29.6 Å². The molecule has 0 aliphatic carbocycles. The molecule has 0 bridgehead atoms. The molecule has 0 aromatic heterocycles. The molecule has 0 amide bonds. The summed E-state index contributed by atoms with van der Waals surface area (Å²) < 4.78 is 13.6. The van der Waals surface area contributed by atoms with Gasteiger partial charge in [0.25, 0.3) is 0 Å². The van der Waals surface area contributed by atoms with Crippen LogP contribution >= 0.6 is 11.8 Å². The van der Waals surface area contributed by atoms with Gasteiger partial charge in [-0.3, -0.25) is 0 Å². The highest BCUT2D eigenvalue weighted by Crippen LogP contribution is 2.21. The molecule has 0 radical (unpaired) electrons.